The fraction of sp³-hybridized carbons (Fsp3) is 0.167. The molecule has 3 amide bonds. The monoisotopic (exact) mass is 356 g/mol. The molecule has 0 atom stereocenters. The molecule has 1 aromatic carbocycles. The van der Waals surface area contributed by atoms with Crippen LogP contribution in [0, 0.1) is 0 Å². The van der Waals surface area contributed by atoms with Gasteiger partial charge in [-0.15, -0.1) is 11.3 Å². The van der Waals surface area contributed by atoms with Crippen LogP contribution in [0.5, 0.6) is 0 Å². The second kappa shape index (κ2) is 6.10. The first kappa shape index (κ1) is 14.6. The van der Waals surface area contributed by atoms with Gasteiger partial charge in [-0.3, -0.25) is 4.79 Å². The Morgan fingerprint density at radius 2 is 1.95 bits per heavy atom. The van der Waals surface area contributed by atoms with Crippen LogP contribution in [0.3, 0.4) is 0 Å². The van der Waals surface area contributed by atoms with E-state index in [1.807, 2.05) is 18.2 Å². The molecular formula is C12H13BrN4O2S. The summed E-state index contributed by atoms with van der Waals surface area (Å²) in [5.41, 5.74) is 11.4. The number of nitrogen functional groups attached to an aromatic ring is 1. The summed E-state index contributed by atoms with van der Waals surface area (Å²) >= 11 is 4.71. The SMILES string of the molecule is NC(=O)NCCNC(=O)c1sc2ccc(Br)cc2c1N. The largest absolute Gasteiger partial charge is 0.397 e. The van der Waals surface area contributed by atoms with E-state index in [0.717, 1.165) is 14.6 Å². The molecule has 6 N–H and O–H groups in total. The lowest BCUT2D eigenvalue weighted by Crippen LogP contribution is -2.37. The van der Waals surface area contributed by atoms with Gasteiger partial charge in [0, 0.05) is 27.6 Å². The first-order valence-electron chi connectivity index (χ1n) is 5.78. The number of halogens is 1. The predicted molar refractivity (Wildman–Crippen MR) is 83.9 cm³/mol. The van der Waals surface area contributed by atoms with E-state index in [1.165, 1.54) is 11.3 Å². The highest BCUT2D eigenvalue weighted by Crippen LogP contribution is 2.35. The minimum Gasteiger partial charge on any atom is -0.397 e. The van der Waals surface area contributed by atoms with Crippen molar-refractivity contribution < 1.29 is 9.59 Å². The molecule has 20 heavy (non-hydrogen) atoms. The summed E-state index contributed by atoms with van der Waals surface area (Å²) in [6.07, 6.45) is 0. The second-order valence-electron chi connectivity index (χ2n) is 4.03. The van der Waals surface area contributed by atoms with Gasteiger partial charge in [0.25, 0.3) is 5.91 Å². The van der Waals surface area contributed by atoms with Gasteiger partial charge in [-0.2, -0.15) is 0 Å². The van der Waals surface area contributed by atoms with E-state index in [9.17, 15) is 9.59 Å². The van der Waals surface area contributed by atoms with Crippen molar-refractivity contribution in [2.45, 2.75) is 0 Å². The van der Waals surface area contributed by atoms with E-state index in [4.69, 9.17) is 11.5 Å². The Kier molecular flexibility index (Phi) is 4.46. The number of hydrogen-bond donors (Lipinski definition) is 4. The first-order valence-corrected chi connectivity index (χ1v) is 7.39. The molecule has 1 aromatic heterocycles. The van der Waals surface area contributed by atoms with Crippen LogP contribution in [-0.2, 0) is 0 Å². The second-order valence-corrected chi connectivity index (χ2v) is 6.00. The molecule has 1 heterocycles. The van der Waals surface area contributed by atoms with E-state index in [-0.39, 0.29) is 12.5 Å². The highest BCUT2D eigenvalue weighted by Gasteiger charge is 2.16. The standard InChI is InChI=1S/C12H13BrN4O2S/c13-6-1-2-8-7(5-6)9(14)10(20-8)11(18)16-3-4-17-12(15)19/h1-2,5H,3-4,14H2,(H,16,18)(H3,15,17,19). The average molecular weight is 357 g/mol. The van der Waals surface area contributed by atoms with Gasteiger partial charge in [-0.25, -0.2) is 4.79 Å². The van der Waals surface area contributed by atoms with Crippen molar-refractivity contribution in [3.05, 3.63) is 27.5 Å². The van der Waals surface area contributed by atoms with Crippen molar-refractivity contribution >= 4 is 55.0 Å². The molecule has 0 radical (unpaired) electrons. The zero-order valence-electron chi connectivity index (χ0n) is 10.4. The molecule has 0 aliphatic carbocycles. The van der Waals surface area contributed by atoms with Crippen molar-refractivity contribution in [1.29, 1.82) is 0 Å². The summed E-state index contributed by atoms with van der Waals surface area (Å²) in [5.74, 6) is -0.258. The molecule has 0 aliphatic rings. The fourth-order valence-corrected chi connectivity index (χ4v) is 3.08. The molecule has 0 bridgehead atoms. The van der Waals surface area contributed by atoms with Crippen LogP contribution in [-0.4, -0.2) is 25.0 Å². The van der Waals surface area contributed by atoms with E-state index < -0.39 is 6.03 Å². The maximum absolute atomic E-state index is 12.0. The number of benzene rings is 1. The van der Waals surface area contributed by atoms with Gasteiger partial charge in [-0.05, 0) is 18.2 Å². The Bertz CT molecular complexity index is 671. The number of nitrogens with one attached hydrogen (secondary N) is 2. The smallest absolute Gasteiger partial charge is 0.312 e. The third-order valence-corrected chi connectivity index (χ3v) is 4.28. The fourth-order valence-electron chi connectivity index (χ4n) is 1.70. The highest BCUT2D eigenvalue weighted by molar-refractivity contribution is 9.10. The minimum absolute atomic E-state index is 0.258. The van der Waals surface area contributed by atoms with Gasteiger partial charge >= 0.3 is 6.03 Å². The number of amides is 3. The molecule has 2 rings (SSSR count). The van der Waals surface area contributed by atoms with Crippen LogP contribution in [0.25, 0.3) is 10.1 Å². The van der Waals surface area contributed by atoms with E-state index >= 15 is 0 Å². The zero-order chi connectivity index (χ0) is 14.7. The Morgan fingerprint density at radius 1 is 1.25 bits per heavy atom. The molecule has 2 aromatic rings. The molecular weight excluding hydrogens is 344 g/mol. The molecule has 0 spiro atoms. The number of carbonyl (C=O) groups excluding carboxylic acids is 2. The molecule has 0 unspecified atom stereocenters. The van der Waals surface area contributed by atoms with Gasteiger partial charge in [0.2, 0.25) is 0 Å². The summed E-state index contributed by atoms with van der Waals surface area (Å²) in [6, 6.07) is 5.07. The molecule has 0 fully saturated rings. The van der Waals surface area contributed by atoms with E-state index in [2.05, 4.69) is 26.6 Å². The van der Waals surface area contributed by atoms with Crippen LogP contribution in [0.2, 0.25) is 0 Å². The molecule has 106 valence electrons. The van der Waals surface area contributed by atoms with Crippen molar-refractivity contribution in [1.82, 2.24) is 10.6 Å². The Balaban J connectivity index is 2.10. The number of urea groups is 1. The summed E-state index contributed by atoms with van der Waals surface area (Å²) < 4.78 is 1.86. The van der Waals surface area contributed by atoms with Gasteiger partial charge in [0.05, 0.1) is 5.69 Å². The molecule has 0 saturated carbocycles. The highest BCUT2D eigenvalue weighted by atomic mass is 79.9. The summed E-state index contributed by atoms with van der Waals surface area (Å²) in [7, 11) is 0. The van der Waals surface area contributed by atoms with Gasteiger partial charge in [0.1, 0.15) is 4.88 Å². The quantitative estimate of drug-likeness (QED) is 0.625. The van der Waals surface area contributed by atoms with E-state index in [1.54, 1.807) is 0 Å². The number of primary amides is 1. The van der Waals surface area contributed by atoms with Crippen molar-refractivity contribution in [2.24, 2.45) is 5.73 Å². The van der Waals surface area contributed by atoms with Crippen LogP contribution in [0.1, 0.15) is 9.67 Å². The lowest BCUT2D eigenvalue weighted by atomic mass is 10.2. The van der Waals surface area contributed by atoms with Crippen molar-refractivity contribution in [3.8, 4) is 0 Å². The Hall–Kier alpha value is -1.80. The van der Waals surface area contributed by atoms with Crippen LogP contribution >= 0.6 is 27.3 Å². The summed E-state index contributed by atoms with van der Waals surface area (Å²) in [5, 5.41) is 5.92. The molecule has 6 nitrogen and oxygen atoms in total. The average Bonchev–Trinajstić information content (AvgIpc) is 2.72. The number of thiophene rings is 1. The van der Waals surface area contributed by atoms with Crippen molar-refractivity contribution in [2.75, 3.05) is 18.8 Å². The molecule has 0 aliphatic heterocycles. The van der Waals surface area contributed by atoms with Crippen LogP contribution in [0.15, 0.2) is 22.7 Å². The third-order valence-electron chi connectivity index (χ3n) is 2.60. The normalized spacial score (nSPS) is 10.4. The zero-order valence-corrected chi connectivity index (χ0v) is 12.8. The van der Waals surface area contributed by atoms with Gasteiger partial charge in [-0.1, -0.05) is 15.9 Å². The van der Waals surface area contributed by atoms with Gasteiger partial charge < -0.3 is 22.1 Å². The number of fused-ring (bicyclic) bond motifs is 1. The first-order chi connectivity index (χ1) is 9.49. The Labute approximate surface area is 127 Å². The lowest BCUT2D eigenvalue weighted by molar-refractivity contribution is 0.0959. The summed E-state index contributed by atoms with van der Waals surface area (Å²) in [4.78, 5) is 23.0. The summed E-state index contributed by atoms with van der Waals surface area (Å²) in [6.45, 7) is 0.566. The number of rotatable bonds is 4. The third kappa shape index (κ3) is 3.20. The van der Waals surface area contributed by atoms with Gasteiger partial charge in [0.15, 0.2) is 0 Å². The van der Waals surface area contributed by atoms with Crippen molar-refractivity contribution in [3.63, 3.8) is 0 Å². The number of hydrogen-bond acceptors (Lipinski definition) is 4. The van der Waals surface area contributed by atoms with Crippen LogP contribution < -0.4 is 22.1 Å². The lowest BCUT2D eigenvalue weighted by Gasteiger charge is -2.04. The topological polar surface area (TPSA) is 110 Å². The van der Waals surface area contributed by atoms with E-state index in [0.29, 0.717) is 17.1 Å². The van der Waals surface area contributed by atoms with Crippen LogP contribution in [0.4, 0.5) is 10.5 Å². The number of anilines is 1. The Morgan fingerprint density at radius 3 is 2.65 bits per heavy atom. The number of carbonyl (C=O) groups is 2. The molecule has 0 saturated heterocycles. The minimum atomic E-state index is -0.620. The maximum atomic E-state index is 12.0. The predicted octanol–water partition coefficient (Wildman–Crippen LogP) is 1.64. The number of nitrogens with two attached hydrogens (primary N) is 2. The molecule has 8 heteroatoms. The maximum Gasteiger partial charge on any atom is 0.312 e.